The molecule has 0 N–H and O–H groups in total. The molecular weight excluding hydrogens is 652 g/mol. The Morgan fingerprint density at radius 3 is 1.92 bits per heavy atom. The third-order valence-electron chi connectivity index (χ3n) is 8.42. The lowest BCUT2D eigenvalue weighted by molar-refractivity contribution is -0.263. The molecule has 1 aliphatic heterocycles. The van der Waals surface area contributed by atoms with Crippen LogP contribution in [0.5, 0.6) is 0 Å². The van der Waals surface area contributed by atoms with E-state index in [1.807, 2.05) is 60.7 Å². The summed E-state index contributed by atoms with van der Waals surface area (Å²) < 4.78 is 29.5. The lowest BCUT2D eigenvalue weighted by atomic mass is 9.84. The van der Waals surface area contributed by atoms with Crippen molar-refractivity contribution < 1.29 is 38.1 Å². The average Bonchev–Trinajstić information content (AvgIpc) is 3.10. The molecule has 2 aromatic carbocycles. The monoisotopic (exact) mass is 690 g/mol. The molecule has 2 aliphatic rings. The predicted molar refractivity (Wildman–Crippen MR) is 175 cm³/mol. The van der Waals surface area contributed by atoms with Crippen LogP contribution in [-0.2, 0) is 46.4 Å². The summed E-state index contributed by atoms with van der Waals surface area (Å²) in [6.45, 7) is 4.30. The molecule has 50 heavy (non-hydrogen) atoms. The first-order valence-electron chi connectivity index (χ1n) is 15.9. The minimum atomic E-state index is -1.41. The fraction of sp³-hybridized carbons (Fsp3) is 0.531. The fourth-order valence-corrected chi connectivity index (χ4v) is 6.10. The van der Waals surface area contributed by atoms with Crippen molar-refractivity contribution in [1.82, 2.24) is 4.90 Å². The van der Waals surface area contributed by atoms with Crippen molar-refractivity contribution in [1.29, 1.82) is 0 Å². The molecule has 18 nitrogen and oxygen atoms in total. The van der Waals surface area contributed by atoms with Gasteiger partial charge in [-0.3, -0.25) is 14.5 Å². The van der Waals surface area contributed by atoms with E-state index in [9.17, 15) is 31.0 Å². The van der Waals surface area contributed by atoms with Gasteiger partial charge in [-0.15, -0.1) is 0 Å². The minimum Gasteiger partial charge on any atom is -0.458 e. The lowest BCUT2D eigenvalue weighted by Gasteiger charge is -2.46. The molecule has 264 valence electrons. The standard InChI is InChI=1S/C32H38N10O8/c1-19(42(17-22-10-6-4-7-11-22)32(45)46-18-23-12-8-5-9-13-23)27-15-14-24(36-39-33)31(49-27)50-29-26(38-41-35)16-25(37-40-34)28(47-20(2)43)30(29)48-21(3)44/h4-13,19,24-31H,14-18H2,1-3H3/t19-,24-,25+,26-,27-,28-,29+,30+,31+/m0/s1. The number of carbonyl (C=O) groups excluding carboxylic acids is 3. The summed E-state index contributed by atoms with van der Waals surface area (Å²) in [4.78, 5) is 48.2. The lowest BCUT2D eigenvalue weighted by Crippen LogP contribution is -2.60. The highest BCUT2D eigenvalue weighted by Gasteiger charge is 2.51. The molecule has 2 fully saturated rings. The van der Waals surface area contributed by atoms with Crippen LogP contribution in [0.1, 0.15) is 51.2 Å². The molecule has 2 aromatic rings. The van der Waals surface area contributed by atoms with Crippen molar-refractivity contribution in [2.24, 2.45) is 15.3 Å². The van der Waals surface area contributed by atoms with Crippen LogP contribution in [0.4, 0.5) is 4.79 Å². The van der Waals surface area contributed by atoms with Gasteiger partial charge in [-0.2, -0.15) is 0 Å². The second-order valence-corrected chi connectivity index (χ2v) is 11.8. The van der Waals surface area contributed by atoms with Crippen LogP contribution >= 0.6 is 0 Å². The Labute approximate surface area is 287 Å². The molecule has 0 aromatic heterocycles. The van der Waals surface area contributed by atoms with Gasteiger partial charge in [0.2, 0.25) is 0 Å². The highest BCUT2D eigenvalue weighted by Crippen LogP contribution is 2.36. The average molecular weight is 691 g/mol. The van der Waals surface area contributed by atoms with Gasteiger partial charge < -0.3 is 23.7 Å². The Bertz CT molecular complexity index is 1620. The maximum Gasteiger partial charge on any atom is 0.410 e. The van der Waals surface area contributed by atoms with Gasteiger partial charge in [-0.1, -0.05) is 76.0 Å². The summed E-state index contributed by atoms with van der Waals surface area (Å²) in [6.07, 6.45) is -6.07. The van der Waals surface area contributed by atoms with E-state index in [1.54, 1.807) is 11.8 Å². The van der Waals surface area contributed by atoms with E-state index in [2.05, 4.69) is 30.1 Å². The quantitative estimate of drug-likeness (QED) is 0.0745. The Balaban J connectivity index is 1.64. The number of hydrogen-bond donors (Lipinski definition) is 0. The summed E-state index contributed by atoms with van der Waals surface area (Å²) >= 11 is 0. The Hall–Kier alpha value is -5.50. The largest absolute Gasteiger partial charge is 0.458 e. The van der Waals surface area contributed by atoms with Crippen molar-refractivity contribution in [3.63, 3.8) is 0 Å². The van der Waals surface area contributed by atoms with E-state index < -0.39 is 72.9 Å². The summed E-state index contributed by atoms with van der Waals surface area (Å²) in [7, 11) is 0. The Kier molecular flexibility index (Phi) is 13.7. The molecule has 9 atom stereocenters. The number of amides is 1. The molecule has 1 heterocycles. The van der Waals surface area contributed by atoms with Crippen LogP contribution in [0.25, 0.3) is 31.3 Å². The molecule has 18 heteroatoms. The molecule has 0 unspecified atom stereocenters. The number of rotatable bonds is 13. The van der Waals surface area contributed by atoms with Gasteiger partial charge in [-0.25, -0.2) is 4.79 Å². The molecule has 0 bridgehead atoms. The van der Waals surface area contributed by atoms with Crippen molar-refractivity contribution in [3.8, 4) is 0 Å². The maximum atomic E-state index is 13.6. The molecule has 0 spiro atoms. The molecule has 1 aliphatic carbocycles. The Morgan fingerprint density at radius 1 is 0.800 bits per heavy atom. The number of esters is 2. The molecule has 0 radical (unpaired) electrons. The molecule has 1 amide bonds. The van der Waals surface area contributed by atoms with Crippen molar-refractivity contribution in [2.75, 3.05) is 0 Å². The van der Waals surface area contributed by atoms with Gasteiger partial charge in [0.25, 0.3) is 0 Å². The molecule has 1 saturated heterocycles. The van der Waals surface area contributed by atoms with Crippen molar-refractivity contribution in [2.45, 2.75) is 108 Å². The van der Waals surface area contributed by atoms with Crippen molar-refractivity contribution >= 4 is 18.0 Å². The van der Waals surface area contributed by atoms with Gasteiger partial charge >= 0.3 is 18.0 Å². The van der Waals surface area contributed by atoms with Crippen LogP contribution in [0, 0.1) is 0 Å². The topological polar surface area (TPSA) is 247 Å². The normalized spacial score (nSPS) is 26.4. The van der Waals surface area contributed by atoms with Crippen LogP contribution in [0.3, 0.4) is 0 Å². The zero-order valence-electron chi connectivity index (χ0n) is 27.7. The van der Waals surface area contributed by atoms with Crippen LogP contribution in [0.15, 0.2) is 76.0 Å². The predicted octanol–water partition coefficient (Wildman–Crippen LogP) is 6.41. The zero-order valence-corrected chi connectivity index (χ0v) is 27.7. The first kappa shape index (κ1) is 37.3. The number of azide groups is 3. The number of benzene rings is 2. The highest BCUT2D eigenvalue weighted by molar-refractivity contribution is 5.68. The second-order valence-electron chi connectivity index (χ2n) is 11.8. The summed E-state index contributed by atoms with van der Waals surface area (Å²) in [5, 5.41) is 11.4. The Morgan fingerprint density at radius 2 is 1.34 bits per heavy atom. The van der Waals surface area contributed by atoms with Crippen molar-refractivity contribution in [3.05, 3.63) is 103 Å². The third kappa shape index (κ3) is 10.0. The van der Waals surface area contributed by atoms with Crippen LogP contribution in [0.2, 0.25) is 0 Å². The first-order chi connectivity index (χ1) is 24.1. The van der Waals surface area contributed by atoms with E-state index in [-0.39, 0.29) is 26.0 Å². The molecule has 4 rings (SSSR count). The summed E-state index contributed by atoms with van der Waals surface area (Å²) in [5.74, 6) is -1.53. The number of carbonyl (C=O) groups is 3. The number of nitrogens with zero attached hydrogens (tertiary/aromatic N) is 10. The van der Waals surface area contributed by atoms with Gasteiger partial charge in [-0.05, 0) is 53.9 Å². The number of ether oxygens (including phenoxy) is 5. The second kappa shape index (κ2) is 18.3. The van der Waals surface area contributed by atoms with E-state index in [0.717, 1.165) is 25.0 Å². The fourth-order valence-electron chi connectivity index (χ4n) is 6.10. The van der Waals surface area contributed by atoms with Crippen LogP contribution in [-0.4, -0.2) is 77.8 Å². The summed E-state index contributed by atoms with van der Waals surface area (Å²) in [5.41, 5.74) is 29.6. The summed E-state index contributed by atoms with van der Waals surface area (Å²) in [6, 6.07) is 14.9. The van der Waals surface area contributed by atoms with Gasteiger partial charge in [0.05, 0.1) is 30.3 Å². The zero-order chi connectivity index (χ0) is 36.0. The van der Waals surface area contributed by atoms with Gasteiger partial charge in [0.15, 0.2) is 12.4 Å². The first-order valence-corrected chi connectivity index (χ1v) is 15.9. The number of hydrogen-bond acceptors (Lipinski definition) is 11. The SMILES string of the molecule is CC(=O)O[C@@H]1[C@@H](OC(C)=O)[C@H](N=[N+]=[N-])C[C@H](N=[N+]=[N-])[C@H]1O[C@H]1O[C@H]([C@H](C)N(Cc2ccccc2)C(=O)OCc2ccccc2)CC[C@@H]1N=[N+]=[N-]. The van der Waals surface area contributed by atoms with Gasteiger partial charge in [0.1, 0.15) is 18.8 Å². The third-order valence-corrected chi connectivity index (χ3v) is 8.42. The van der Waals surface area contributed by atoms with E-state index in [1.165, 1.54) is 0 Å². The molecular formula is C32H38N10O8. The van der Waals surface area contributed by atoms with Crippen LogP contribution < -0.4 is 0 Å². The van der Waals surface area contributed by atoms with E-state index >= 15 is 0 Å². The molecule has 1 saturated carbocycles. The smallest absolute Gasteiger partial charge is 0.410 e. The van der Waals surface area contributed by atoms with Gasteiger partial charge in [0, 0.05) is 35.1 Å². The highest BCUT2D eigenvalue weighted by atomic mass is 16.7. The van der Waals surface area contributed by atoms with E-state index in [0.29, 0.717) is 6.42 Å². The maximum absolute atomic E-state index is 13.6. The van der Waals surface area contributed by atoms with E-state index in [4.69, 9.17) is 23.7 Å². The minimum absolute atomic E-state index is 0.0499.